The molecule has 2 heteroatoms. The van der Waals surface area contributed by atoms with Crippen molar-refractivity contribution in [3.63, 3.8) is 0 Å². The number of rotatable bonds is 2. The zero-order valence-electron chi connectivity index (χ0n) is 9.94. The van der Waals surface area contributed by atoms with Gasteiger partial charge in [0.15, 0.2) is 0 Å². The Kier molecular flexibility index (Phi) is 2.91. The summed E-state index contributed by atoms with van der Waals surface area (Å²) in [5, 5.41) is 4.45. The SMILES string of the molecule is Cc1nn(/C=C/c2ccccc2)c(C)c1C. The Morgan fingerprint density at radius 1 is 1.06 bits per heavy atom. The number of hydrogen-bond donors (Lipinski definition) is 0. The van der Waals surface area contributed by atoms with E-state index in [0.29, 0.717) is 0 Å². The quantitative estimate of drug-likeness (QED) is 0.745. The fourth-order valence-electron chi connectivity index (χ4n) is 1.61. The van der Waals surface area contributed by atoms with Crippen LogP contribution in [0.3, 0.4) is 0 Å². The first-order chi connectivity index (χ1) is 7.68. The Labute approximate surface area is 96.2 Å². The van der Waals surface area contributed by atoms with Crippen molar-refractivity contribution in [2.75, 3.05) is 0 Å². The maximum absolute atomic E-state index is 4.45. The molecule has 1 heterocycles. The molecule has 0 unspecified atom stereocenters. The lowest BCUT2D eigenvalue weighted by molar-refractivity contribution is 0.883. The molecule has 1 aromatic heterocycles. The zero-order chi connectivity index (χ0) is 11.5. The third-order valence-electron chi connectivity index (χ3n) is 2.89. The number of aryl methyl sites for hydroxylation is 1. The number of benzene rings is 1. The molecular weight excluding hydrogens is 196 g/mol. The van der Waals surface area contributed by atoms with Crippen molar-refractivity contribution >= 4 is 12.3 Å². The minimum Gasteiger partial charge on any atom is -0.245 e. The van der Waals surface area contributed by atoms with Crippen LogP contribution < -0.4 is 0 Å². The maximum Gasteiger partial charge on any atom is 0.0629 e. The van der Waals surface area contributed by atoms with Crippen molar-refractivity contribution in [1.29, 1.82) is 0 Å². The highest BCUT2D eigenvalue weighted by molar-refractivity contribution is 5.60. The van der Waals surface area contributed by atoms with Crippen molar-refractivity contribution in [1.82, 2.24) is 9.78 Å². The first-order valence-corrected chi connectivity index (χ1v) is 5.44. The summed E-state index contributed by atoms with van der Waals surface area (Å²) in [4.78, 5) is 0. The summed E-state index contributed by atoms with van der Waals surface area (Å²) in [6.45, 7) is 6.23. The fraction of sp³-hybridized carbons (Fsp3) is 0.214. The van der Waals surface area contributed by atoms with Crippen LogP contribution in [0.15, 0.2) is 30.3 Å². The van der Waals surface area contributed by atoms with Gasteiger partial charge < -0.3 is 0 Å². The molecule has 0 aliphatic rings. The highest BCUT2D eigenvalue weighted by Crippen LogP contribution is 2.12. The van der Waals surface area contributed by atoms with E-state index in [9.17, 15) is 0 Å². The van der Waals surface area contributed by atoms with E-state index < -0.39 is 0 Å². The lowest BCUT2D eigenvalue weighted by Crippen LogP contribution is -1.91. The van der Waals surface area contributed by atoms with Crippen molar-refractivity contribution < 1.29 is 0 Å². The van der Waals surface area contributed by atoms with Gasteiger partial charge >= 0.3 is 0 Å². The van der Waals surface area contributed by atoms with Gasteiger partial charge in [0.1, 0.15) is 0 Å². The van der Waals surface area contributed by atoms with Gasteiger partial charge in [0, 0.05) is 11.9 Å². The van der Waals surface area contributed by atoms with Gasteiger partial charge in [-0.15, -0.1) is 0 Å². The molecular formula is C14H16N2. The smallest absolute Gasteiger partial charge is 0.0629 e. The second kappa shape index (κ2) is 4.35. The first-order valence-electron chi connectivity index (χ1n) is 5.44. The Morgan fingerprint density at radius 3 is 2.31 bits per heavy atom. The molecule has 0 aliphatic heterocycles. The molecule has 0 saturated carbocycles. The summed E-state index contributed by atoms with van der Waals surface area (Å²) in [7, 11) is 0. The topological polar surface area (TPSA) is 17.8 Å². The van der Waals surface area contributed by atoms with E-state index in [4.69, 9.17) is 0 Å². The van der Waals surface area contributed by atoms with E-state index in [1.165, 1.54) is 16.8 Å². The van der Waals surface area contributed by atoms with Crippen LogP contribution in [0.1, 0.15) is 22.5 Å². The largest absolute Gasteiger partial charge is 0.245 e. The highest BCUT2D eigenvalue weighted by atomic mass is 15.3. The van der Waals surface area contributed by atoms with Gasteiger partial charge in [-0.3, -0.25) is 0 Å². The normalized spacial score (nSPS) is 11.2. The molecule has 2 nitrogen and oxygen atoms in total. The lowest BCUT2D eigenvalue weighted by Gasteiger charge is -1.96. The van der Waals surface area contributed by atoms with Gasteiger partial charge in [-0.25, -0.2) is 4.68 Å². The molecule has 1 aromatic carbocycles. The predicted molar refractivity (Wildman–Crippen MR) is 68.1 cm³/mol. The van der Waals surface area contributed by atoms with Crippen LogP contribution in [-0.2, 0) is 0 Å². The number of aromatic nitrogens is 2. The van der Waals surface area contributed by atoms with Gasteiger partial charge in [0.05, 0.1) is 5.69 Å². The van der Waals surface area contributed by atoms with Crippen LogP contribution in [0.2, 0.25) is 0 Å². The van der Waals surface area contributed by atoms with Gasteiger partial charge in [-0.1, -0.05) is 30.3 Å². The van der Waals surface area contributed by atoms with Crippen molar-refractivity contribution in [2.24, 2.45) is 0 Å². The summed E-state index contributed by atoms with van der Waals surface area (Å²) in [6, 6.07) is 10.2. The maximum atomic E-state index is 4.45. The predicted octanol–water partition coefficient (Wildman–Crippen LogP) is 3.44. The molecule has 0 fully saturated rings. The molecule has 2 rings (SSSR count). The van der Waals surface area contributed by atoms with Crippen LogP contribution in [0, 0.1) is 20.8 Å². The van der Waals surface area contributed by atoms with Gasteiger partial charge in [-0.2, -0.15) is 5.10 Å². The van der Waals surface area contributed by atoms with Crippen LogP contribution >= 0.6 is 0 Å². The van der Waals surface area contributed by atoms with Crippen molar-refractivity contribution in [2.45, 2.75) is 20.8 Å². The second-order valence-corrected chi connectivity index (χ2v) is 3.97. The fourth-order valence-corrected chi connectivity index (χ4v) is 1.61. The van der Waals surface area contributed by atoms with E-state index in [1.54, 1.807) is 0 Å². The Balaban J connectivity index is 2.28. The van der Waals surface area contributed by atoms with E-state index in [0.717, 1.165) is 5.69 Å². The molecule has 0 amide bonds. The van der Waals surface area contributed by atoms with E-state index >= 15 is 0 Å². The van der Waals surface area contributed by atoms with Gasteiger partial charge in [0.2, 0.25) is 0 Å². The van der Waals surface area contributed by atoms with E-state index in [1.807, 2.05) is 36.0 Å². The van der Waals surface area contributed by atoms with Gasteiger partial charge in [-0.05, 0) is 38.0 Å². The average Bonchev–Trinajstić information content (AvgIpc) is 2.56. The average molecular weight is 212 g/mol. The summed E-state index contributed by atoms with van der Waals surface area (Å²) < 4.78 is 1.93. The standard InChI is InChI=1S/C14H16N2/c1-11-12(2)15-16(13(11)3)10-9-14-7-5-4-6-8-14/h4-10H,1-3H3/b10-9+. The highest BCUT2D eigenvalue weighted by Gasteiger charge is 2.03. The summed E-state index contributed by atoms with van der Waals surface area (Å²) in [5.41, 5.74) is 4.74. The van der Waals surface area contributed by atoms with Crippen LogP contribution in [0.4, 0.5) is 0 Å². The minimum atomic E-state index is 1.09. The first kappa shape index (κ1) is 10.7. The van der Waals surface area contributed by atoms with Crippen LogP contribution in [-0.4, -0.2) is 9.78 Å². The summed E-state index contributed by atoms with van der Waals surface area (Å²) in [6.07, 6.45) is 4.07. The van der Waals surface area contributed by atoms with Crippen LogP contribution in [0.5, 0.6) is 0 Å². The third kappa shape index (κ3) is 2.06. The van der Waals surface area contributed by atoms with Crippen molar-refractivity contribution in [3.05, 3.63) is 52.8 Å². The number of nitrogens with zero attached hydrogens (tertiary/aromatic N) is 2. The van der Waals surface area contributed by atoms with Crippen molar-refractivity contribution in [3.8, 4) is 0 Å². The minimum absolute atomic E-state index is 1.09. The van der Waals surface area contributed by atoms with E-state index in [2.05, 4.69) is 37.2 Å². The molecule has 0 N–H and O–H groups in total. The molecule has 0 aliphatic carbocycles. The molecule has 0 radical (unpaired) electrons. The molecule has 0 atom stereocenters. The Hall–Kier alpha value is -1.83. The molecule has 2 aromatic rings. The summed E-state index contributed by atoms with van der Waals surface area (Å²) in [5.74, 6) is 0. The van der Waals surface area contributed by atoms with E-state index in [-0.39, 0.29) is 0 Å². The van der Waals surface area contributed by atoms with Crippen LogP contribution in [0.25, 0.3) is 12.3 Å². The van der Waals surface area contributed by atoms with Gasteiger partial charge in [0.25, 0.3) is 0 Å². The Morgan fingerprint density at radius 2 is 1.75 bits per heavy atom. The lowest BCUT2D eigenvalue weighted by atomic mass is 10.2. The molecule has 0 saturated heterocycles. The number of hydrogen-bond acceptors (Lipinski definition) is 1. The second-order valence-electron chi connectivity index (χ2n) is 3.97. The molecule has 0 spiro atoms. The molecule has 0 bridgehead atoms. The molecule has 16 heavy (non-hydrogen) atoms. The molecule has 82 valence electrons. The zero-order valence-corrected chi connectivity index (χ0v) is 9.94. The third-order valence-corrected chi connectivity index (χ3v) is 2.89. The summed E-state index contributed by atoms with van der Waals surface area (Å²) >= 11 is 0. The Bertz CT molecular complexity index is 507. The monoisotopic (exact) mass is 212 g/mol.